The van der Waals surface area contributed by atoms with Crippen molar-refractivity contribution < 1.29 is 24.2 Å². The number of nitrogens with one attached hydrogen (secondary N) is 1. The van der Waals surface area contributed by atoms with E-state index >= 15 is 0 Å². The Morgan fingerprint density at radius 3 is 2.54 bits per heavy atom. The molecule has 0 saturated carbocycles. The molecule has 0 unspecified atom stereocenters. The van der Waals surface area contributed by atoms with Gasteiger partial charge in [-0.3, -0.25) is 4.79 Å². The van der Waals surface area contributed by atoms with Crippen LogP contribution in [0, 0.1) is 6.92 Å². The summed E-state index contributed by atoms with van der Waals surface area (Å²) in [7, 11) is 0. The van der Waals surface area contributed by atoms with E-state index in [-0.39, 0.29) is 17.9 Å². The van der Waals surface area contributed by atoms with E-state index in [1.54, 1.807) is 6.92 Å². The minimum absolute atomic E-state index is 0.0103. The number of hydrogen-bond donors (Lipinski definition) is 3. The lowest BCUT2D eigenvalue weighted by atomic mass is 10.1. The van der Waals surface area contributed by atoms with Gasteiger partial charge in [-0.05, 0) is 31.2 Å². The molecule has 0 aliphatic rings. The van der Waals surface area contributed by atoms with Gasteiger partial charge < -0.3 is 19.9 Å². The standard InChI is InChI=1S/C19H16N2O5/c1-11-15(21-18(26-11)12-5-3-2-4-6-12)10-17(23)20-13-7-8-14(19(24)25)16(22)9-13/h2-9,22H,10H2,1H3,(H,20,23)(H,24,25). The zero-order valence-corrected chi connectivity index (χ0v) is 13.9. The lowest BCUT2D eigenvalue weighted by Crippen LogP contribution is -2.15. The van der Waals surface area contributed by atoms with Crippen LogP contribution in [0.2, 0.25) is 0 Å². The summed E-state index contributed by atoms with van der Waals surface area (Å²) in [6.45, 7) is 1.73. The minimum atomic E-state index is -1.24. The Kier molecular flexibility index (Phi) is 4.70. The van der Waals surface area contributed by atoms with E-state index in [0.717, 1.165) is 5.56 Å². The van der Waals surface area contributed by atoms with Crippen molar-refractivity contribution in [3.8, 4) is 17.2 Å². The van der Waals surface area contributed by atoms with Gasteiger partial charge in [0, 0.05) is 17.3 Å². The van der Waals surface area contributed by atoms with Crippen molar-refractivity contribution in [2.75, 3.05) is 5.32 Å². The van der Waals surface area contributed by atoms with Gasteiger partial charge in [0.05, 0.1) is 12.1 Å². The second kappa shape index (κ2) is 7.10. The molecule has 0 spiro atoms. The van der Waals surface area contributed by atoms with Crippen LogP contribution in [0.4, 0.5) is 5.69 Å². The number of aromatic nitrogens is 1. The average Bonchev–Trinajstić information content (AvgIpc) is 2.96. The number of carbonyl (C=O) groups is 2. The van der Waals surface area contributed by atoms with Gasteiger partial charge >= 0.3 is 5.97 Å². The van der Waals surface area contributed by atoms with Crippen molar-refractivity contribution in [3.63, 3.8) is 0 Å². The lowest BCUT2D eigenvalue weighted by Gasteiger charge is -2.06. The summed E-state index contributed by atoms with van der Waals surface area (Å²) in [6, 6.07) is 13.2. The Hall–Kier alpha value is -3.61. The number of carboxylic acids is 1. The molecule has 0 saturated heterocycles. The highest BCUT2D eigenvalue weighted by Crippen LogP contribution is 2.24. The van der Waals surface area contributed by atoms with Crippen molar-refractivity contribution in [3.05, 3.63) is 65.5 Å². The fourth-order valence-electron chi connectivity index (χ4n) is 2.44. The Morgan fingerprint density at radius 2 is 1.88 bits per heavy atom. The summed E-state index contributed by atoms with van der Waals surface area (Å²) in [4.78, 5) is 27.5. The van der Waals surface area contributed by atoms with Crippen molar-refractivity contribution in [1.29, 1.82) is 0 Å². The molecule has 3 N–H and O–H groups in total. The largest absolute Gasteiger partial charge is 0.507 e. The Bertz CT molecular complexity index is 963. The molecule has 0 radical (unpaired) electrons. The van der Waals surface area contributed by atoms with Crippen LogP contribution in [0.25, 0.3) is 11.5 Å². The SMILES string of the molecule is Cc1oc(-c2ccccc2)nc1CC(=O)Nc1ccc(C(=O)O)c(O)c1. The molecule has 2 aromatic carbocycles. The van der Waals surface area contributed by atoms with E-state index in [9.17, 15) is 14.7 Å². The quantitative estimate of drug-likeness (QED) is 0.650. The van der Waals surface area contributed by atoms with Gasteiger partial charge in [0.1, 0.15) is 17.1 Å². The molecule has 0 bridgehead atoms. The average molecular weight is 352 g/mol. The molecular formula is C19H16N2O5. The van der Waals surface area contributed by atoms with E-state index in [4.69, 9.17) is 9.52 Å². The fraction of sp³-hybridized carbons (Fsp3) is 0.105. The third-order valence-electron chi connectivity index (χ3n) is 3.75. The van der Waals surface area contributed by atoms with Crippen LogP contribution in [0.15, 0.2) is 52.9 Å². The maximum absolute atomic E-state index is 12.2. The molecule has 0 aliphatic carbocycles. The molecule has 0 aliphatic heterocycles. The van der Waals surface area contributed by atoms with E-state index in [1.165, 1.54) is 18.2 Å². The highest BCUT2D eigenvalue weighted by atomic mass is 16.4. The van der Waals surface area contributed by atoms with Crippen LogP contribution in [0.1, 0.15) is 21.8 Å². The number of hydrogen-bond acceptors (Lipinski definition) is 5. The predicted molar refractivity (Wildman–Crippen MR) is 94.1 cm³/mol. The van der Waals surface area contributed by atoms with Crippen LogP contribution in [-0.2, 0) is 11.2 Å². The summed E-state index contributed by atoms with van der Waals surface area (Å²) in [5, 5.41) is 21.2. The number of amides is 1. The van der Waals surface area contributed by atoms with Crippen molar-refractivity contribution in [1.82, 2.24) is 4.98 Å². The molecule has 3 aromatic rings. The number of carbonyl (C=O) groups excluding carboxylic acids is 1. The van der Waals surface area contributed by atoms with Crippen LogP contribution in [-0.4, -0.2) is 27.1 Å². The third-order valence-corrected chi connectivity index (χ3v) is 3.75. The smallest absolute Gasteiger partial charge is 0.339 e. The number of aromatic carboxylic acids is 1. The second-order valence-corrected chi connectivity index (χ2v) is 5.65. The fourth-order valence-corrected chi connectivity index (χ4v) is 2.44. The number of carboxylic acid groups (broad SMARTS) is 1. The van der Waals surface area contributed by atoms with Gasteiger partial charge in [-0.2, -0.15) is 0 Å². The first-order chi connectivity index (χ1) is 12.4. The molecule has 1 heterocycles. The van der Waals surface area contributed by atoms with E-state index in [1.807, 2.05) is 30.3 Å². The van der Waals surface area contributed by atoms with Crippen LogP contribution in [0.5, 0.6) is 5.75 Å². The van der Waals surface area contributed by atoms with E-state index in [0.29, 0.717) is 23.0 Å². The molecule has 1 aromatic heterocycles. The zero-order chi connectivity index (χ0) is 18.7. The highest BCUT2D eigenvalue weighted by molar-refractivity contribution is 5.95. The third kappa shape index (κ3) is 3.72. The molecule has 0 fully saturated rings. The second-order valence-electron chi connectivity index (χ2n) is 5.65. The van der Waals surface area contributed by atoms with Gasteiger partial charge in [0.15, 0.2) is 0 Å². The van der Waals surface area contributed by atoms with Gasteiger partial charge in [0.25, 0.3) is 0 Å². The summed E-state index contributed by atoms with van der Waals surface area (Å²) < 4.78 is 5.62. The number of anilines is 1. The first-order valence-corrected chi connectivity index (χ1v) is 7.82. The number of aromatic hydroxyl groups is 1. The van der Waals surface area contributed by atoms with Crippen molar-refractivity contribution in [2.45, 2.75) is 13.3 Å². The maximum atomic E-state index is 12.2. The van der Waals surface area contributed by atoms with Crippen LogP contribution in [0.3, 0.4) is 0 Å². The Morgan fingerprint density at radius 1 is 1.15 bits per heavy atom. The van der Waals surface area contributed by atoms with E-state index < -0.39 is 11.7 Å². The number of benzene rings is 2. The van der Waals surface area contributed by atoms with Gasteiger partial charge in [-0.15, -0.1) is 0 Å². The van der Waals surface area contributed by atoms with Gasteiger partial charge in [-0.1, -0.05) is 18.2 Å². The molecular weight excluding hydrogens is 336 g/mol. The molecule has 0 atom stereocenters. The van der Waals surface area contributed by atoms with Crippen LogP contribution >= 0.6 is 0 Å². The lowest BCUT2D eigenvalue weighted by molar-refractivity contribution is -0.115. The first-order valence-electron chi connectivity index (χ1n) is 7.82. The van der Waals surface area contributed by atoms with E-state index in [2.05, 4.69) is 10.3 Å². The molecule has 7 heteroatoms. The number of rotatable bonds is 5. The summed E-state index contributed by atoms with van der Waals surface area (Å²) in [5.74, 6) is -1.03. The molecule has 7 nitrogen and oxygen atoms in total. The Balaban J connectivity index is 1.72. The highest BCUT2D eigenvalue weighted by Gasteiger charge is 2.16. The number of aryl methyl sites for hydroxylation is 1. The van der Waals surface area contributed by atoms with Crippen LogP contribution < -0.4 is 5.32 Å². The molecule has 132 valence electrons. The molecule has 1 amide bonds. The van der Waals surface area contributed by atoms with Crippen molar-refractivity contribution >= 4 is 17.6 Å². The summed E-state index contributed by atoms with van der Waals surface area (Å²) in [6.07, 6.45) is -0.0103. The van der Waals surface area contributed by atoms with Crippen molar-refractivity contribution in [2.24, 2.45) is 0 Å². The number of nitrogens with zero attached hydrogens (tertiary/aromatic N) is 1. The zero-order valence-electron chi connectivity index (χ0n) is 13.9. The topological polar surface area (TPSA) is 113 Å². The minimum Gasteiger partial charge on any atom is -0.507 e. The summed E-state index contributed by atoms with van der Waals surface area (Å²) >= 11 is 0. The van der Waals surface area contributed by atoms with Gasteiger partial charge in [0.2, 0.25) is 11.8 Å². The monoisotopic (exact) mass is 352 g/mol. The maximum Gasteiger partial charge on any atom is 0.339 e. The van der Waals surface area contributed by atoms with Gasteiger partial charge in [-0.25, -0.2) is 9.78 Å². The molecule has 3 rings (SSSR count). The number of oxazole rings is 1. The predicted octanol–water partition coefficient (Wildman–Crippen LogP) is 3.24. The number of phenols is 1. The first kappa shape index (κ1) is 17.2. The Labute approximate surface area is 148 Å². The summed E-state index contributed by atoms with van der Waals surface area (Å²) in [5.41, 5.74) is 1.38. The normalized spacial score (nSPS) is 10.5. The molecule has 26 heavy (non-hydrogen) atoms.